The Balaban J connectivity index is 2.30. The minimum atomic E-state index is -1.23. The molecule has 3 heteroatoms. The number of ether oxygens (including phenoxy) is 1. The predicted molar refractivity (Wildman–Crippen MR) is 62.5 cm³/mol. The van der Waals surface area contributed by atoms with E-state index in [4.69, 9.17) is 4.74 Å². The fourth-order valence-corrected chi connectivity index (χ4v) is 2.21. The molecule has 2 nitrogen and oxygen atoms in total. The van der Waals surface area contributed by atoms with Gasteiger partial charge in [0.15, 0.2) is 0 Å². The molecule has 0 bridgehead atoms. The van der Waals surface area contributed by atoms with E-state index in [0.29, 0.717) is 30.8 Å². The number of hydrogen-bond acceptors (Lipinski definition) is 2. The minimum absolute atomic E-state index is 0.525. The molecule has 0 unspecified atom stereocenters. The molecule has 0 spiro atoms. The molecule has 1 saturated heterocycles. The Morgan fingerprint density at radius 3 is 2.69 bits per heavy atom. The van der Waals surface area contributed by atoms with E-state index >= 15 is 0 Å². The summed E-state index contributed by atoms with van der Waals surface area (Å²) in [7, 11) is 0. The van der Waals surface area contributed by atoms with Gasteiger partial charge in [0, 0.05) is 5.56 Å². The van der Waals surface area contributed by atoms with Crippen LogP contribution >= 0.6 is 0 Å². The van der Waals surface area contributed by atoms with Crippen LogP contribution in [0, 0.1) is 0 Å². The maximum atomic E-state index is 14.8. The molecule has 16 heavy (non-hydrogen) atoms. The smallest absolute Gasteiger partial charge is 0.142 e. The monoisotopic (exact) mass is 223 g/mol. The van der Waals surface area contributed by atoms with Crippen LogP contribution < -0.4 is 10.1 Å². The summed E-state index contributed by atoms with van der Waals surface area (Å²) in [6, 6.07) is 7.46. The first-order valence-electron chi connectivity index (χ1n) is 5.88. The first-order valence-corrected chi connectivity index (χ1v) is 5.88. The van der Waals surface area contributed by atoms with Crippen LogP contribution in [0.15, 0.2) is 24.3 Å². The summed E-state index contributed by atoms with van der Waals surface area (Å²) in [4.78, 5) is 0. The third-order valence-corrected chi connectivity index (χ3v) is 3.07. The SMILES string of the molecule is CCOc1ccccc1C1(F)CCNCC1. The van der Waals surface area contributed by atoms with Crippen LogP contribution in [-0.4, -0.2) is 19.7 Å². The third kappa shape index (κ3) is 2.19. The van der Waals surface area contributed by atoms with Crippen LogP contribution in [0.3, 0.4) is 0 Å². The topological polar surface area (TPSA) is 21.3 Å². The second-order valence-corrected chi connectivity index (χ2v) is 4.14. The average Bonchev–Trinajstić information content (AvgIpc) is 2.31. The zero-order chi connectivity index (χ0) is 11.4. The van der Waals surface area contributed by atoms with Crippen molar-refractivity contribution in [3.05, 3.63) is 29.8 Å². The molecule has 2 rings (SSSR count). The maximum absolute atomic E-state index is 14.8. The number of alkyl halides is 1. The zero-order valence-corrected chi connectivity index (χ0v) is 9.63. The molecule has 1 N–H and O–H groups in total. The van der Waals surface area contributed by atoms with Gasteiger partial charge in [-0.15, -0.1) is 0 Å². The van der Waals surface area contributed by atoms with E-state index < -0.39 is 5.67 Å². The zero-order valence-electron chi connectivity index (χ0n) is 9.63. The van der Waals surface area contributed by atoms with Gasteiger partial charge >= 0.3 is 0 Å². The summed E-state index contributed by atoms with van der Waals surface area (Å²) in [5, 5.41) is 3.18. The van der Waals surface area contributed by atoms with Crippen molar-refractivity contribution in [2.24, 2.45) is 0 Å². The predicted octanol–water partition coefficient (Wildman–Crippen LogP) is 2.63. The van der Waals surface area contributed by atoms with Crippen molar-refractivity contribution in [1.82, 2.24) is 5.32 Å². The highest BCUT2D eigenvalue weighted by Crippen LogP contribution is 2.39. The van der Waals surface area contributed by atoms with Gasteiger partial charge in [-0.2, -0.15) is 0 Å². The quantitative estimate of drug-likeness (QED) is 0.850. The largest absolute Gasteiger partial charge is 0.493 e. The van der Waals surface area contributed by atoms with Crippen molar-refractivity contribution in [3.8, 4) is 5.75 Å². The molecular formula is C13H18FNO. The molecule has 0 aromatic heterocycles. The number of halogens is 1. The first kappa shape index (κ1) is 11.4. The van der Waals surface area contributed by atoms with Crippen molar-refractivity contribution >= 4 is 0 Å². The molecule has 1 fully saturated rings. The molecule has 0 radical (unpaired) electrons. The molecule has 0 amide bonds. The van der Waals surface area contributed by atoms with Crippen LogP contribution in [0.1, 0.15) is 25.3 Å². The highest BCUT2D eigenvalue weighted by Gasteiger charge is 2.35. The Morgan fingerprint density at radius 1 is 1.31 bits per heavy atom. The van der Waals surface area contributed by atoms with Crippen molar-refractivity contribution in [1.29, 1.82) is 0 Å². The van der Waals surface area contributed by atoms with Crippen molar-refractivity contribution in [2.75, 3.05) is 19.7 Å². The van der Waals surface area contributed by atoms with Crippen molar-refractivity contribution in [3.63, 3.8) is 0 Å². The van der Waals surface area contributed by atoms with E-state index in [1.165, 1.54) is 0 Å². The average molecular weight is 223 g/mol. The van der Waals surface area contributed by atoms with Gasteiger partial charge in [-0.25, -0.2) is 4.39 Å². The third-order valence-electron chi connectivity index (χ3n) is 3.07. The van der Waals surface area contributed by atoms with Gasteiger partial charge in [-0.05, 0) is 38.9 Å². The lowest BCUT2D eigenvalue weighted by Crippen LogP contribution is -2.36. The first-order chi connectivity index (χ1) is 7.76. The molecule has 1 aromatic carbocycles. The summed E-state index contributed by atoms with van der Waals surface area (Å²) >= 11 is 0. The Morgan fingerprint density at radius 2 is 2.00 bits per heavy atom. The van der Waals surface area contributed by atoms with Gasteiger partial charge in [0.05, 0.1) is 6.61 Å². The van der Waals surface area contributed by atoms with E-state index in [2.05, 4.69) is 5.32 Å². The summed E-state index contributed by atoms with van der Waals surface area (Å²) in [6.07, 6.45) is 1.05. The molecule has 0 aliphatic carbocycles. The summed E-state index contributed by atoms with van der Waals surface area (Å²) in [5.41, 5.74) is -0.518. The number of benzene rings is 1. The van der Waals surface area contributed by atoms with Gasteiger partial charge in [-0.1, -0.05) is 18.2 Å². The van der Waals surface area contributed by atoms with Crippen LogP contribution in [-0.2, 0) is 5.67 Å². The van der Waals surface area contributed by atoms with E-state index in [-0.39, 0.29) is 0 Å². The summed E-state index contributed by atoms with van der Waals surface area (Å²) in [5.74, 6) is 0.689. The van der Waals surface area contributed by atoms with Gasteiger partial charge in [-0.3, -0.25) is 0 Å². The number of nitrogens with one attached hydrogen (secondary N) is 1. The van der Waals surface area contributed by atoms with Gasteiger partial charge in [0.25, 0.3) is 0 Å². The van der Waals surface area contributed by atoms with E-state index in [0.717, 1.165) is 13.1 Å². The van der Waals surface area contributed by atoms with E-state index in [1.807, 2.05) is 31.2 Å². The second kappa shape index (κ2) is 4.83. The number of hydrogen-bond donors (Lipinski definition) is 1. The van der Waals surface area contributed by atoms with E-state index in [1.54, 1.807) is 0 Å². The molecule has 1 aromatic rings. The molecule has 0 saturated carbocycles. The van der Waals surface area contributed by atoms with Gasteiger partial charge in [0.2, 0.25) is 0 Å². The van der Waals surface area contributed by atoms with Gasteiger partial charge < -0.3 is 10.1 Å². The molecule has 1 heterocycles. The maximum Gasteiger partial charge on any atom is 0.142 e. The Kier molecular flexibility index (Phi) is 3.44. The number of rotatable bonds is 3. The lowest BCUT2D eigenvalue weighted by Gasteiger charge is -2.31. The number of para-hydroxylation sites is 1. The van der Waals surface area contributed by atoms with Crippen LogP contribution in [0.5, 0.6) is 5.75 Å². The Hall–Kier alpha value is -1.09. The molecular weight excluding hydrogens is 205 g/mol. The van der Waals surface area contributed by atoms with Crippen LogP contribution in [0.4, 0.5) is 4.39 Å². The fourth-order valence-electron chi connectivity index (χ4n) is 2.21. The molecule has 1 aliphatic rings. The fraction of sp³-hybridized carbons (Fsp3) is 0.538. The van der Waals surface area contributed by atoms with Gasteiger partial charge in [0.1, 0.15) is 11.4 Å². The summed E-state index contributed by atoms with van der Waals surface area (Å²) in [6.45, 7) is 3.96. The normalized spacial score (nSPS) is 19.4. The lowest BCUT2D eigenvalue weighted by molar-refractivity contribution is 0.110. The van der Waals surface area contributed by atoms with E-state index in [9.17, 15) is 4.39 Å². The molecule has 88 valence electrons. The Labute approximate surface area is 95.8 Å². The number of piperidine rings is 1. The highest BCUT2D eigenvalue weighted by atomic mass is 19.1. The summed E-state index contributed by atoms with van der Waals surface area (Å²) < 4.78 is 20.3. The molecule has 0 atom stereocenters. The lowest BCUT2D eigenvalue weighted by atomic mass is 9.86. The van der Waals surface area contributed by atoms with Crippen molar-refractivity contribution < 1.29 is 9.13 Å². The van der Waals surface area contributed by atoms with Crippen molar-refractivity contribution in [2.45, 2.75) is 25.4 Å². The second-order valence-electron chi connectivity index (χ2n) is 4.14. The van der Waals surface area contributed by atoms with Crippen LogP contribution in [0.2, 0.25) is 0 Å². The Bertz CT molecular complexity index is 348. The standard InChI is InChI=1S/C13H18FNO/c1-2-16-12-6-4-3-5-11(12)13(14)7-9-15-10-8-13/h3-6,15H,2,7-10H2,1H3. The molecule has 1 aliphatic heterocycles. The van der Waals surface area contributed by atoms with Crippen LogP contribution in [0.25, 0.3) is 0 Å². The highest BCUT2D eigenvalue weighted by molar-refractivity contribution is 5.38. The minimum Gasteiger partial charge on any atom is -0.493 e.